The number of aryl methyl sites for hydroxylation is 1. The van der Waals surface area contributed by atoms with E-state index < -0.39 is 0 Å². The second kappa shape index (κ2) is 6.58. The lowest BCUT2D eigenvalue weighted by molar-refractivity contribution is 0.0628. The molecule has 0 bridgehead atoms. The maximum absolute atomic E-state index is 12.6. The van der Waals surface area contributed by atoms with Gasteiger partial charge in [0.05, 0.1) is 12.3 Å². The molecule has 1 aromatic heterocycles. The van der Waals surface area contributed by atoms with Crippen molar-refractivity contribution in [2.45, 2.75) is 19.4 Å². The minimum atomic E-state index is 0.0382. The number of carbonyl (C=O) groups is 1. The minimum Gasteiger partial charge on any atom is -0.383 e. The number of amides is 1. The molecule has 19 heavy (non-hydrogen) atoms. The summed E-state index contributed by atoms with van der Waals surface area (Å²) < 4.78 is 5.12. The number of hydrogen-bond donors (Lipinski definition) is 1. The first kappa shape index (κ1) is 14.6. The lowest BCUT2D eigenvalue weighted by atomic mass is 10.2. The molecule has 1 atom stereocenters. The number of nitrogens with two attached hydrogens (primary N) is 1. The predicted octanol–water partition coefficient (Wildman–Crippen LogP) is 1.63. The second-order valence-corrected chi connectivity index (χ2v) is 6.66. The summed E-state index contributed by atoms with van der Waals surface area (Å²) >= 11 is 3.17. The number of aromatic nitrogens is 1. The third-order valence-electron chi connectivity index (χ3n) is 3.15. The monoisotopic (exact) mass is 301 g/mol. The minimum absolute atomic E-state index is 0.0382. The summed E-state index contributed by atoms with van der Waals surface area (Å²) in [6.07, 6.45) is 1.05. The van der Waals surface area contributed by atoms with Gasteiger partial charge in [-0.25, -0.2) is 4.98 Å². The molecule has 7 heteroatoms. The highest BCUT2D eigenvalue weighted by atomic mass is 32.2. The topological polar surface area (TPSA) is 68.5 Å². The lowest BCUT2D eigenvalue weighted by Crippen LogP contribution is -2.42. The van der Waals surface area contributed by atoms with Crippen LogP contribution in [0.3, 0.4) is 0 Å². The van der Waals surface area contributed by atoms with Crippen molar-refractivity contribution in [2.24, 2.45) is 0 Å². The van der Waals surface area contributed by atoms with E-state index >= 15 is 0 Å². The molecule has 5 nitrogen and oxygen atoms in total. The van der Waals surface area contributed by atoms with Gasteiger partial charge in [-0.1, -0.05) is 11.3 Å². The Morgan fingerprint density at radius 3 is 2.95 bits per heavy atom. The third kappa shape index (κ3) is 3.40. The maximum atomic E-state index is 12.6. The van der Waals surface area contributed by atoms with Crippen molar-refractivity contribution in [3.05, 3.63) is 10.6 Å². The molecule has 0 radical (unpaired) electrons. The molecule has 2 N–H and O–H groups in total. The molecule has 1 fully saturated rings. The fourth-order valence-electron chi connectivity index (χ4n) is 2.15. The number of nitrogen functional groups attached to an aromatic ring is 1. The molecule has 106 valence electrons. The predicted molar refractivity (Wildman–Crippen MR) is 79.9 cm³/mol. The second-order valence-electron chi connectivity index (χ2n) is 4.48. The van der Waals surface area contributed by atoms with Gasteiger partial charge in [-0.15, -0.1) is 0 Å². The van der Waals surface area contributed by atoms with E-state index in [2.05, 4.69) is 4.98 Å². The maximum Gasteiger partial charge on any atom is 0.266 e. The molecule has 1 aromatic rings. The number of methoxy groups -OCH3 is 1. The number of hydrogen-bond acceptors (Lipinski definition) is 6. The zero-order valence-electron chi connectivity index (χ0n) is 11.2. The zero-order valence-corrected chi connectivity index (χ0v) is 12.9. The quantitative estimate of drug-likeness (QED) is 0.895. The first-order valence-corrected chi connectivity index (χ1v) is 8.21. The Labute approximate surface area is 121 Å². The Morgan fingerprint density at radius 1 is 1.63 bits per heavy atom. The number of ether oxygens (including phenoxy) is 1. The van der Waals surface area contributed by atoms with E-state index in [4.69, 9.17) is 10.5 Å². The van der Waals surface area contributed by atoms with Gasteiger partial charge in [-0.2, -0.15) is 11.8 Å². The van der Waals surface area contributed by atoms with E-state index in [9.17, 15) is 4.79 Å². The summed E-state index contributed by atoms with van der Waals surface area (Å²) in [6.45, 7) is 3.01. The van der Waals surface area contributed by atoms with E-state index in [1.165, 1.54) is 11.3 Å². The van der Waals surface area contributed by atoms with E-state index in [1.54, 1.807) is 7.11 Å². The molecule has 2 rings (SSSR count). The SMILES string of the molecule is COCCN(C(=O)c1sc(N)nc1C)C1CCSC1. The number of thioether (sulfide) groups is 1. The summed E-state index contributed by atoms with van der Waals surface area (Å²) in [5.41, 5.74) is 6.40. The van der Waals surface area contributed by atoms with Crippen molar-refractivity contribution < 1.29 is 9.53 Å². The fraction of sp³-hybridized carbons (Fsp3) is 0.667. The average molecular weight is 301 g/mol. The number of anilines is 1. The van der Waals surface area contributed by atoms with Gasteiger partial charge in [0, 0.05) is 25.4 Å². The van der Waals surface area contributed by atoms with Crippen molar-refractivity contribution in [1.82, 2.24) is 9.88 Å². The van der Waals surface area contributed by atoms with Crippen LogP contribution in [-0.4, -0.2) is 53.6 Å². The molecule has 1 unspecified atom stereocenters. The van der Waals surface area contributed by atoms with Crippen LogP contribution in [0.1, 0.15) is 21.8 Å². The largest absolute Gasteiger partial charge is 0.383 e. The van der Waals surface area contributed by atoms with Gasteiger partial charge >= 0.3 is 0 Å². The highest BCUT2D eigenvalue weighted by Crippen LogP contribution is 2.27. The standard InChI is InChI=1S/C12H19N3O2S2/c1-8-10(19-12(13)14-8)11(16)15(4-5-17-2)9-3-6-18-7-9/h9H,3-7H2,1-2H3,(H2,13,14). The number of nitrogens with zero attached hydrogens (tertiary/aromatic N) is 2. The normalized spacial score (nSPS) is 18.7. The Morgan fingerprint density at radius 2 is 2.42 bits per heavy atom. The molecule has 0 spiro atoms. The van der Waals surface area contributed by atoms with Crippen molar-refractivity contribution in [1.29, 1.82) is 0 Å². The van der Waals surface area contributed by atoms with Crippen LogP contribution in [0, 0.1) is 6.92 Å². The van der Waals surface area contributed by atoms with Crippen molar-refractivity contribution in [3.63, 3.8) is 0 Å². The van der Waals surface area contributed by atoms with E-state index in [-0.39, 0.29) is 5.91 Å². The van der Waals surface area contributed by atoms with Gasteiger partial charge in [-0.3, -0.25) is 4.79 Å². The Hall–Kier alpha value is -0.790. The zero-order chi connectivity index (χ0) is 13.8. The van der Waals surface area contributed by atoms with Crippen molar-refractivity contribution >= 4 is 34.1 Å². The van der Waals surface area contributed by atoms with Crippen LogP contribution in [0.5, 0.6) is 0 Å². The van der Waals surface area contributed by atoms with Gasteiger partial charge < -0.3 is 15.4 Å². The lowest BCUT2D eigenvalue weighted by Gasteiger charge is -2.28. The molecule has 1 aliphatic heterocycles. The summed E-state index contributed by atoms with van der Waals surface area (Å²) in [5.74, 6) is 2.16. The van der Waals surface area contributed by atoms with E-state index in [0.717, 1.165) is 23.6 Å². The van der Waals surface area contributed by atoms with Crippen LogP contribution in [0.25, 0.3) is 0 Å². The van der Waals surface area contributed by atoms with Gasteiger partial charge in [0.2, 0.25) is 0 Å². The number of carbonyl (C=O) groups excluding carboxylic acids is 1. The molecule has 0 aromatic carbocycles. The number of thiazole rings is 1. The highest BCUT2D eigenvalue weighted by molar-refractivity contribution is 7.99. The van der Waals surface area contributed by atoms with Crippen LogP contribution in [0.15, 0.2) is 0 Å². The van der Waals surface area contributed by atoms with Crippen LogP contribution < -0.4 is 5.73 Å². The average Bonchev–Trinajstić information content (AvgIpc) is 2.99. The van der Waals surface area contributed by atoms with Crippen LogP contribution in [-0.2, 0) is 4.74 Å². The molecule has 0 saturated carbocycles. The molecular weight excluding hydrogens is 282 g/mol. The van der Waals surface area contributed by atoms with E-state index in [0.29, 0.717) is 29.2 Å². The highest BCUT2D eigenvalue weighted by Gasteiger charge is 2.29. The summed E-state index contributed by atoms with van der Waals surface area (Å²) in [4.78, 5) is 19.4. The Balaban J connectivity index is 2.16. The molecule has 1 amide bonds. The molecule has 2 heterocycles. The smallest absolute Gasteiger partial charge is 0.266 e. The van der Waals surface area contributed by atoms with Gasteiger partial charge in [0.25, 0.3) is 5.91 Å². The van der Waals surface area contributed by atoms with Crippen molar-refractivity contribution in [3.8, 4) is 0 Å². The van der Waals surface area contributed by atoms with Gasteiger partial charge in [-0.05, 0) is 19.1 Å². The van der Waals surface area contributed by atoms with Crippen LogP contribution in [0.4, 0.5) is 5.13 Å². The first-order valence-electron chi connectivity index (χ1n) is 6.24. The van der Waals surface area contributed by atoms with Crippen molar-refractivity contribution in [2.75, 3.05) is 37.5 Å². The molecular formula is C12H19N3O2S2. The fourth-order valence-corrected chi connectivity index (χ4v) is 4.17. The molecule has 1 saturated heterocycles. The Kier molecular flexibility index (Phi) is 5.06. The number of rotatable bonds is 5. The summed E-state index contributed by atoms with van der Waals surface area (Å²) in [7, 11) is 1.65. The third-order valence-corrected chi connectivity index (χ3v) is 5.27. The Bertz CT molecular complexity index is 444. The van der Waals surface area contributed by atoms with Gasteiger partial charge in [0.1, 0.15) is 4.88 Å². The molecule has 0 aliphatic carbocycles. The first-order chi connectivity index (χ1) is 9.13. The van der Waals surface area contributed by atoms with Gasteiger partial charge in [0.15, 0.2) is 5.13 Å². The van der Waals surface area contributed by atoms with Crippen LogP contribution >= 0.6 is 23.1 Å². The summed E-state index contributed by atoms with van der Waals surface area (Å²) in [5, 5.41) is 0.452. The molecule has 1 aliphatic rings. The van der Waals surface area contributed by atoms with Crippen LogP contribution in [0.2, 0.25) is 0 Å². The summed E-state index contributed by atoms with van der Waals surface area (Å²) in [6, 6.07) is 0.301. The van der Waals surface area contributed by atoms with E-state index in [1.807, 2.05) is 23.6 Å².